The van der Waals surface area contributed by atoms with Gasteiger partial charge < -0.3 is 10.2 Å². The number of carbonyl (C=O) groups is 1. The first-order valence-corrected chi connectivity index (χ1v) is 6.95. The summed E-state index contributed by atoms with van der Waals surface area (Å²) in [5, 5.41) is 26.9. The molecule has 2 aromatic heterocycles. The minimum atomic E-state index is -1.05. The third kappa shape index (κ3) is 2.76. The van der Waals surface area contributed by atoms with Crippen LogP contribution in [0.15, 0.2) is 47.4 Å². The van der Waals surface area contributed by atoms with Gasteiger partial charge in [-0.15, -0.1) is 10.2 Å². The summed E-state index contributed by atoms with van der Waals surface area (Å²) < 4.78 is 1.60. The van der Waals surface area contributed by atoms with Crippen molar-refractivity contribution in [2.75, 3.05) is 0 Å². The number of aliphatic carboxylic acids is 1. The quantitative estimate of drug-likeness (QED) is 0.745. The zero-order valence-corrected chi connectivity index (χ0v) is 12.0. The molecule has 1 aromatic carbocycles. The van der Waals surface area contributed by atoms with Gasteiger partial charge in [-0.2, -0.15) is 0 Å². The van der Waals surface area contributed by atoms with Gasteiger partial charge in [-0.25, -0.2) is 0 Å². The highest BCUT2D eigenvalue weighted by molar-refractivity contribution is 5.68. The van der Waals surface area contributed by atoms with Crippen LogP contribution in [0.1, 0.15) is 12.8 Å². The van der Waals surface area contributed by atoms with Crippen LogP contribution in [0.5, 0.6) is 0 Å². The number of pyridine rings is 1. The van der Waals surface area contributed by atoms with Gasteiger partial charge in [-0.1, -0.05) is 30.3 Å². The van der Waals surface area contributed by atoms with Crippen LogP contribution in [0.2, 0.25) is 0 Å². The Kier molecular flexibility index (Phi) is 3.76. The van der Waals surface area contributed by atoms with Gasteiger partial charge in [0.2, 0.25) is 0 Å². The van der Waals surface area contributed by atoms with Crippen molar-refractivity contribution in [2.45, 2.75) is 12.8 Å². The van der Waals surface area contributed by atoms with E-state index in [1.54, 1.807) is 4.40 Å². The number of benzene rings is 1. The summed E-state index contributed by atoms with van der Waals surface area (Å²) in [6, 6.07) is 10.6. The van der Waals surface area contributed by atoms with Crippen LogP contribution < -0.4 is 10.6 Å². The average molecular weight is 311 g/mol. The van der Waals surface area contributed by atoms with Crippen LogP contribution in [-0.2, 0) is 4.79 Å². The van der Waals surface area contributed by atoms with Crippen LogP contribution in [0, 0.1) is 0 Å². The van der Waals surface area contributed by atoms with Gasteiger partial charge in [0.15, 0.2) is 16.9 Å². The van der Waals surface area contributed by atoms with E-state index in [1.807, 2.05) is 30.3 Å². The Morgan fingerprint density at radius 1 is 1.04 bits per heavy atom. The number of aliphatic hydroxyl groups excluding tert-OH is 1. The topological polar surface area (TPSA) is 105 Å². The predicted molar refractivity (Wildman–Crippen MR) is 82.8 cm³/mol. The standard InChI is InChI=1S/C16H13N3O4/c20-11(6-7-13(22)23)14-12(21)8-9-19-15(17-18-16(14)19)10-4-2-1-3-5-10/h1-5,8-9,20H,6-7H2,(H,22,23). The highest BCUT2D eigenvalue weighted by atomic mass is 16.4. The highest BCUT2D eigenvalue weighted by Gasteiger charge is 2.13. The molecule has 0 aliphatic heterocycles. The molecule has 7 heteroatoms. The summed E-state index contributed by atoms with van der Waals surface area (Å²) in [5.41, 5.74) is 0.598. The molecule has 7 nitrogen and oxygen atoms in total. The maximum atomic E-state index is 12.1. The van der Waals surface area contributed by atoms with Gasteiger partial charge >= 0.3 is 5.97 Å². The summed E-state index contributed by atoms with van der Waals surface area (Å²) in [6.45, 7) is 0. The molecular weight excluding hydrogens is 298 g/mol. The highest BCUT2D eigenvalue weighted by Crippen LogP contribution is 2.16. The van der Waals surface area contributed by atoms with Gasteiger partial charge in [-0.3, -0.25) is 14.0 Å². The van der Waals surface area contributed by atoms with Gasteiger partial charge in [0, 0.05) is 24.2 Å². The van der Waals surface area contributed by atoms with E-state index in [1.165, 1.54) is 12.3 Å². The van der Waals surface area contributed by atoms with Crippen molar-refractivity contribution in [3.8, 4) is 11.4 Å². The minimum Gasteiger partial charge on any atom is -0.511 e. The molecule has 0 fully saturated rings. The maximum absolute atomic E-state index is 12.1. The number of hydrogen-bond acceptors (Lipinski definition) is 5. The molecular formula is C16H13N3O4. The second-order valence-corrected chi connectivity index (χ2v) is 4.98. The van der Waals surface area contributed by atoms with Crippen LogP contribution in [0.3, 0.4) is 0 Å². The van der Waals surface area contributed by atoms with Crippen LogP contribution >= 0.6 is 0 Å². The lowest BCUT2D eigenvalue weighted by molar-refractivity contribution is -0.136. The van der Waals surface area contributed by atoms with Crippen LogP contribution in [-0.4, -0.2) is 30.8 Å². The fraction of sp³-hybridized carbons (Fsp3) is 0.125. The molecule has 0 bridgehead atoms. The number of hydrogen-bond donors (Lipinski definition) is 2. The third-order valence-corrected chi connectivity index (χ3v) is 3.44. The van der Waals surface area contributed by atoms with E-state index < -0.39 is 11.4 Å². The van der Waals surface area contributed by atoms with Gasteiger partial charge in [0.1, 0.15) is 11.0 Å². The zero-order chi connectivity index (χ0) is 16.4. The first-order chi connectivity index (χ1) is 11.1. The van der Waals surface area contributed by atoms with E-state index in [2.05, 4.69) is 10.2 Å². The maximum Gasteiger partial charge on any atom is 0.303 e. The summed E-state index contributed by atoms with van der Waals surface area (Å²) in [4.78, 5) is 22.7. The fourth-order valence-electron chi connectivity index (χ4n) is 2.34. The van der Waals surface area contributed by atoms with E-state index in [0.717, 1.165) is 5.56 Å². The normalized spacial score (nSPS) is 12.3. The van der Waals surface area contributed by atoms with Crippen molar-refractivity contribution < 1.29 is 15.0 Å². The predicted octanol–water partition coefficient (Wildman–Crippen LogP) is 1.01. The molecule has 0 atom stereocenters. The number of carboxylic acids is 1. The zero-order valence-electron chi connectivity index (χ0n) is 12.0. The molecule has 0 spiro atoms. The van der Waals surface area contributed by atoms with Crippen molar-refractivity contribution in [1.82, 2.24) is 14.6 Å². The van der Waals surface area contributed by atoms with E-state index >= 15 is 0 Å². The first-order valence-electron chi connectivity index (χ1n) is 6.95. The van der Waals surface area contributed by atoms with E-state index in [-0.39, 0.29) is 29.5 Å². The molecule has 0 amide bonds. The SMILES string of the molecule is O=C(O)CCC(O)=c1c(=O)ccn2c(-c3ccccc3)nnc12. The van der Waals surface area contributed by atoms with Gasteiger partial charge in [-0.05, 0) is 0 Å². The van der Waals surface area contributed by atoms with E-state index in [9.17, 15) is 14.7 Å². The van der Waals surface area contributed by atoms with E-state index in [0.29, 0.717) is 5.82 Å². The van der Waals surface area contributed by atoms with Crippen molar-refractivity contribution in [2.24, 2.45) is 0 Å². The number of carboxylic acid groups (broad SMARTS) is 1. The Morgan fingerprint density at radius 2 is 1.78 bits per heavy atom. The smallest absolute Gasteiger partial charge is 0.303 e. The van der Waals surface area contributed by atoms with Gasteiger partial charge in [0.05, 0.1) is 6.42 Å². The number of nitrogens with zero attached hydrogens (tertiary/aromatic N) is 3. The Morgan fingerprint density at radius 3 is 2.48 bits per heavy atom. The third-order valence-electron chi connectivity index (χ3n) is 3.44. The molecule has 0 saturated carbocycles. The molecule has 23 heavy (non-hydrogen) atoms. The van der Waals surface area contributed by atoms with E-state index in [4.69, 9.17) is 5.11 Å². The van der Waals surface area contributed by atoms with Crippen LogP contribution in [0.25, 0.3) is 22.8 Å². The second-order valence-electron chi connectivity index (χ2n) is 4.98. The summed E-state index contributed by atoms with van der Waals surface area (Å²) >= 11 is 0. The first kappa shape index (κ1) is 14.7. The molecule has 2 heterocycles. The van der Waals surface area contributed by atoms with Crippen molar-refractivity contribution in [3.05, 3.63) is 58.0 Å². The summed E-state index contributed by atoms with van der Waals surface area (Å²) in [7, 11) is 0. The van der Waals surface area contributed by atoms with Gasteiger partial charge in [0.25, 0.3) is 0 Å². The number of aliphatic hydroxyl groups is 1. The van der Waals surface area contributed by atoms with Crippen LogP contribution in [0.4, 0.5) is 0 Å². The number of aromatic nitrogens is 3. The number of rotatable bonds is 4. The Balaban J connectivity index is 2.23. The van der Waals surface area contributed by atoms with Crippen molar-refractivity contribution >= 4 is 17.4 Å². The monoisotopic (exact) mass is 311 g/mol. The Labute approximate surface area is 130 Å². The summed E-state index contributed by atoms with van der Waals surface area (Å²) in [6.07, 6.45) is 1.12. The molecule has 0 radical (unpaired) electrons. The fourth-order valence-corrected chi connectivity index (χ4v) is 2.34. The second kappa shape index (κ2) is 5.88. The number of fused-ring (bicyclic) bond motifs is 1. The molecule has 0 aliphatic carbocycles. The Hall–Kier alpha value is -3.22. The molecule has 116 valence electrons. The molecule has 2 N–H and O–H groups in total. The Bertz CT molecular complexity index is 980. The summed E-state index contributed by atoms with van der Waals surface area (Å²) in [5.74, 6) is -0.815. The molecule has 0 unspecified atom stereocenters. The average Bonchev–Trinajstić information content (AvgIpc) is 2.97. The largest absolute Gasteiger partial charge is 0.511 e. The molecule has 0 saturated heterocycles. The molecule has 0 aliphatic rings. The van der Waals surface area contributed by atoms with Crippen molar-refractivity contribution in [1.29, 1.82) is 0 Å². The molecule has 3 rings (SSSR count). The lowest BCUT2D eigenvalue weighted by atomic mass is 10.2. The lowest BCUT2D eigenvalue weighted by Crippen LogP contribution is -2.29. The lowest BCUT2D eigenvalue weighted by Gasteiger charge is -2.01. The minimum absolute atomic E-state index is 0.0107. The van der Waals surface area contributed by atoms with Crippen molar-refractivity contribution in [3.63, 3.8) is 0 Å². The molecule has 3 aromatic rings.